The normalized spacial score (nSPS) is 14.0. The molecule has 3 rings (SSSR count). The highest BCUT2D eigenvalue weighted by Crippen LogP contribution is 2.25. The largest absolute Gasteiger partial charge is 0.493 e. The van der Waals surface area contributed by atoms with E-state index in [0.717, 1.165) is 0 Å². The van der Waals surface area contributed by atoms with Gasteiger partial charge in [0.2, 0.25) is 0 Å². The van der Waals surface area contributed by atoms with E-state index >= 15 is 0 Å². The molecule has 1 fully saturated rings. The predicted octanol–water partition coefficient (Wildman–Crippen LogP) is 2.71. The van der Waals surface area contributed by atoms with E-state index in [1.807, 2.05) is 12.1 Å². The lowest BCUT2D eigenvalue weighted by Gasteiger charge is -2.34. The number of ether oxygens (including phenoxy) is 2. The smallest absolute Gasteiger partial charge is 0.260 e. The van der Waals surface area contributed by atoms with Gasteiger partial charge in [0.05, 0.1) is 7.11 Å². The molecule has 2 aromatic rings. The van der Waals surface area contributed by atoms with Crippen LogP contribution in [0.1, 0.15) is 10.4 Å². The van der Waals surface area contributed by atoms with E-state index in [2.05, 4.69) is 0 Å². The van der Waals surface area contributed by atoms with Gasteiger partial charge in [-0.1, -0.05) is 23.7 Å². The van der Waals surface area contributed by atoms with Crippen molar-refractivity contribution < 1.29 is 19.1 Å². The average Bonchev–Trinajstić information content (AvgIpc) is 2.72. The van der Waals surface area contributed by atoms with Gasteiger partial charge in [-0.3, -0.25) is 9.59 Å². The van der Waals surface area contributed by atoms with Crippen LogP contribution in [-0.2, 0) is 4.79 Å². The van der Waals surface area contributed by atoms with Crippen molar-refractivity contribution in [2.75, 3.05) is 39.9 Å². The highest BCUT2D eigenvalue weighted by Gasteiger charge is 2.25. The average molecular weight is 389 g/mol. The van der Waals surface area contributed by atoms with Gasteiger partial charge in [0.1, 0.15) is 0 Å². The Labute approximate surface area is 163 Å². The summed E-state index contributed by atoms with van der Waals surface area (Å²) in [6.45, 7) is 1.87. The van der Waals surface area contributed by atoms with Crippen molar-refractivity contribution in [1.82, 2.24) is 9.80 Å². The Kier molecular flexibility index (Phi) is 6.19. The summed E-state index contributed by atoms with van der Waals surface area (Å²) >= 11 is 5.86. The summed E-state index contributed by atoms with van der Waals surface area (Å²) in [5.41, 5.74) is 0.596. The molecule has 0 unspecified atom stereocenters. The van der Waals surface area contributed by atoms with Crippen LogP contribution in [0.25, 0.3) is 0 Å². The first kappa shape index (κ1) is 19.0. The van der Waals surface area contributed by atoms with Crippen LogP contribution in [0.3, 0.4) is 0 Å². The number of piperazine rings is 1. The highest BCUT2D eigenvalue weighted by atomic mass is 35.5. The second-order valence-electron chi connectivity index (χ2n) is 6.12. The summed E-state index contributed by atoms with van der Waals surface area (Å²) in [5.74, 6) is 0.956. The van der Waals surface area contributed by atoms with Crippen molar-refractivity contribution in [3.8, 4) is 11.5 Å². The number of carbonyl (C=O) groups is 2. The van der Waals surface area contributed by atoms with Crippen LogP contribution in [0.2, 0.25) is 5.02 Å². The summed E-state index contributed by atoms with van der Waals surface area (Å²) in [5, 5.41) is 0.594. The number of nitrogens with zero attached hydrogens (tertiary/aromatic N) is 2. The van der Waals surface area contributed by atoms with Crippen molar-refractivity contribution in [1.29, 1.82) is 0 Å². The number of amides is 2. The van der Waals surface area contributed by atoms with Gasteiger partial charge < -0.3 is 19.3 Å². The van der Waals surface area contributed by atoms with E-state index in [0.29, 0.717) is 48.3 Å². The maximum absolute atomic E-state index is 12.5. The molecule has 6 nitrogen and oxygen atoms in total. The maximum atomic E-state index is 12.5. The lowest BCUT2D eigenvalue weighted by molar-refractivity contribution is -0.134. The van der Waals surface area contributed by atoms with Crippen LogP contribution in [0.4, 0.5) is 0 Å². The van der Waals surface area contributed by atoms with Gasteiger partial charge in [0.15, 0.2) is 18.1 Å². The number of carbonyl (C=O) groups excluding carboxylic acids is 2. The Hall–Kier alpha value is -2.73. The summed E-state index contributed by atoms with van der Waals surface area (Å²) < 4.78 is 10.8. The van der Waals surface area contributed by atoms with Crippen LogP contribution in [0.5, 0.6) is 11.5 Å². The molecule has 0 saturated carbocycles. The Bertz CT molecular complexity index is 802. The van der Waals surface area contributed by atoms with Crippen LogP contribution >= 0.6 is 11.6 Å². The van der Waals surface area contributed by atoms with Gasteiger partial charge in [0.25, 0.3) is 11.8 Å². The van der Waals surface area contributed by atoms with Gasteiger partial charge in [-0.2, -0.15) is 0 Å². The molecule has 0 N–H and O–H groups in total. The van der Waals surface area contributed by atoms with E-state index in [1.54, 1.807) is 53.3 Å². The highest BCUT2D eigenvalue weighted by molar-refractivity contribution is 6.30. The topological polar surface area (TPSA) is 59.1 Å². The van der Waals surface area contributed by atoms with E-state index in [1.165, 1.54) is 0 Å². The molecule has 0 radical (unpaired) electrons. The Morgan fingerprint density at radius 3 is 2.15 bits per heavy atom. The zero-order valence-corrected chi connectivity index (χ0v) is 15.8. The van der Waals surface area contributed by atoms with Gasteiger partial charge in [-0.25, -0.2) is 0 Å². The number of benzene rings is 2. The fraction of sp³-hybridized carbons (Fsp3) is 0.300. The lowest BCUT2D eigenvalue weighted by atomic mass is 10.2. The molecule has 1 aliphatic rings. The van der Waals surface area contributed by atoms with Crippen molar-refractivity contribution in [2.45, 2.75) is 0 Å². The zero-order valence-electron chi connectivity index (χ0n) is 15.1. The quantitative estimate of drug-likeness (QED) is 0.790. The number of methoxy groups -OCH3 is 1. The molecular formula is C20H21ClN2O4. The molecule has 7 heteroatoms. The van der Waals surface area contributed by atoms with Crippen molar-refractivity contribution >= 4 is 23.4 Å². The fourth-order valence-electron chi connectivity index (χ4n) is 2.90. The number of halogens is 1. The summed E-state index contributed by atoms with van der Waals surface area (Å²) in [6, 6.07) is 14.0. The SMILES string of the molecule is COc1ccccc1OCC(=O)N1CCN(C(=O)c2ccc(Cl)cc2)CC1. The molecule has 0 spiro atoms. The summed E-state index contributed by atoms with van der Waals surface area (Å²) in [6.07, 6.45) is 0. The van der Waals surface area contributed by atoms with Crippen LogP contribution < -0.4 is 9.47 Å². The van der Waals surface area contributed by atoms with E-state index in [9.17, 15) is 9.59 Å². The number of rotatable bonds is 5. The van der Waals surface area contributed by atoms with Crippen LogP contribution in [0.15, 0.2) is 48.5 Å². The minimum atomic E-state index is -0.112. The molecule has 1 heterocycles. The van der Waals surface area contributed by atoms with E-state index in [-0.39, 0.29) is 18.4 Å². The van der Waals surface area contributed by atoms with Crippen molar-refractivity contribution in [3.63, 3.8) is 0 Å². The summed E-state index contributed by atoms with van der Waals surface area (Å²) in [4.78, 5) is 28.4. The first-order valence-corrected chi connectivity index (χ1v) is 9.04. The molecule has 0 aromatic heterocycles. The Morgan fingerprint density at radius 2 is 1.52 bits per heavy atom. The van der Waals surface area contributed by atoms with E-state index < -0.39 is 0 Å². The third-order valence-electron chi connectivity index (χ3n) is 4.43. The molecule has 0 bridgehead atoms. The van der Waals surface area contributed by atoms with Crippen LogP contribution in [-0.4, -0.2) is 61.5 Å². The van der Waals surface area contributed by atoms with Gasteiger partial charge in [0, 0.05) is 36.8 Å². The molecule has 2 aromatic carbocycles. The van der Waals surface area contributed by atoms with Gasteiger partial charge in [-0.15, -0.1) is 0 Å². The Morgan fingerprint density at radius 1 is 0.926 bits per heavy atom. The molecule has 1 aliphatic heterocycles. The lowest BCUT2D eigenvalue weighted by Crippen LogP contribution is -2.51. The number of hydrogen-bond donors (Lipinski definition) is 0. The molecule has 0 atom stereocenters. The van der Waals surface area contributed by atoms with Crippen molar-refractivity contribution in [3.05, 3.63) is 59.1 Å². The Balaban J connectivity index is 1.50. The van der Waals surface area contributed by atoms with Crippen LogP contribution in [0, 0.1) is 0 Å². The van der Waals surface area contributed by atoms with Gasteiger partial charge in [-0.05, 0) is 36.4 Å². The molecule has 27 heavy (non-hydrogen) atoms. The zero-order chi connectivity index (χ0) is 19.2. The second-order valence-corrected chi connectivity index (χ2v) is 6.56. The monoisotopic (exact) mass is 388 g/mol. The molecule has 0 aliphatic carbocycles. The van der Waals surface area contributed by atoms with E-state index in [4.69, 9.17) is 21.1 Å². The fourth-order valence-corrected chi connectivity index (χ4v) is 3.03. The first-order valence-electron chi connectivity index (χ1n) is 8.67. The number of hydrogen-bond acceptors (Lipinski definition) is 4. The molecule has 2 amide bonds. The first-order chi connectivity index (χ1) is 13.1. The third-order valence-corrected chi connectivity index (χ3v) is 4.68. The van der Waals surface area contributed by atoms with Crippen molar-refractivity contribution in [2.24, 2.45) is 0 Å². The predicted molar refractivity (Wildman–Crippen MR) is 102 cm³/mol. The molecule has 1 saturated heterocycles. The minimum Gasteiger partial charge on any atom is -0.493 e. The molecule has 142 valence electrons. The molecular weight excluding hydrogens is 368 g/mol. The maximum Gasteiger partial charge on any atom is 0.260 e. The standard InChI is InChI=1S/C20H21ClN2O4/c1-26-17-4-2-3-5-18(17)27-14-19(24)22-10-12-23(13-11-22)20(25)15-6-8-16(21)9-7-15/h2-9H,10-14H2,1H3. The number of para-hydroxylation sites is 2. The third kappa shape index (κ3) is 4.71. The minimum absolute atomic E-state index is 0.0518. The van der Waals surface area contributed by atoms with Gasteiger partial charge >= 0.3 is 0 Å². The summed E-state index contributed by atoms with van der Waals surface area (Å²) in [7, 11) is 1.56. The second kappa shape index (κ2) is 8.77.